The third-order valence-electron chi connectivity index (χ3n) is 5.40. The fourth-order valence-electron chi connectivity index (χ4n) is 3.99. The van der Waals surface area contributed by atoms with Gasteiger partial charge in [-0.25, -0.2) is 9.97 Å². The van der Waals surface area contributed by atoms with Gasteiger partial charge in [-0.1, -0.05) is 25.6 Å². The molecule has 25 heavy (non-hydrogen) atoms. The van der Waals surface area contributed by atoms with Crippen LogP contribution in [0.15, 0.2) is 11.4 Å². The molecular formula is C19H25N3OS2. The van der Waals surface area contributed by atoms with Crippen LogP contribution < -0.4 is 0 Å². The van der Waals surface area contributed by atoms with Crippen molar-refractivity contribution in [2.45, 2.75) is 51.0 Å². The summed E-state index contributed by atoms with van der Waals surface area (Å²) in [6, 6.07) is 0. The Morgan fingerprint density at radius 2 is 2.20 bits per heavy atom. The lowest BCUT2D eigenvalue weighted by Crippen LogP contribution is -2.40. The number of aryl methyl sites for hydroxylation is 1. The number of likely N-dealkylation sites (tertiary alicyclic amines) is 1. The van der Waals surface area contributed by atoms with Crippen LogP contribution in [0.5, 0.6) is 0 Å². The second kappa shape index (κ2) is 7.23. The van der Waals surface area contributed by atoms with Gasteiger partial charge in [0.25, 0.3) is 0 Å². The van der Waals surface area contributed by atoms with E-state index in [-0.39, 0.29) is 5.91 Å². The first-order chi connectivity index (χ1) is 12.1. The Hall–Kier alpha value is -1.14. The van der Waals surface area contributed by atoms with Crippen molar-refractivity contribution in [2.24, 2.45) is 11.8 Å². The van der Waals surface area contributed by atoms with E-state index in [2.05, 4.69) is 23.8 Å². The smallest absolute Gasteiger partial charge is 0.232 e. The molecule has 4 rings (SSSR count). The van der Waals surface area contributed by atoms with E-state index in [1.807, 2.05) is 16.2 Å². The van der Waals surface area contributed by atoms with Crippen molar-refractivity contribution in [1.29, 1.82) is 0 Å². The third-order valence-corrected chi connectivity index (χ3v) is 7.54. The van der Waals surface area contributed by atoms with E-state index in [9.17, 15) is 4.79 Å². The Bertz CT molecular complexity index is 788. The SMILES string of the molecule is C[C@@H]1CCCN(C(=O)CSc2ncnc3sc4c(c23)CC[C@H](C)C4)C1. The number of thioether (sulfide) groups is 1. The van der Waals surface area contributed by atoms with E-state index in [0.29, 0.717) is 11.7 Å². The molecule has 1 amide bonds. The Labute approximate surface area is 157 Å². The number of rotatable bonds is 3. The van der Waals surface area contributed by atoms with Crippen LogP contribution in [0.4, 0.5) is 0 Å². The predicted octanol–water partition coefficient (Wildman–Crippen LogP) is 4.17. The van der Waals surface area contributed by atoms with Gasteiger partial charge >= 0.3 is 0 Å². The lowest BCUT2D eigenvalue weighted by atomic mass is 9.89. The first-order valence-electron chi connectivity index (χ1n) is 9.27. The first-order valence-corrected chi connectivity index (χ1v) is 11.1. The van der Waals surface area contributed by atoms with Crippen molar-refractivity contribution in [3.63, 3.8) is 0 Å². The molecule has 4 nitrogen and oxygen atoms in total. The predicted molar refractivity (Wildman–Crippen MR) is 104 cm³/mol. The molecule has 0 unspecified atom stereocenters. The van der Waals surface area contributed by atoms with E-state index in [4.69, 9.17) is 0 Å². The van der Waals surface area contributed by atoms with Gasteiger partial charge in [-0.3, -0.25) is 4.79 Å². The van der Waals surface area contributed by atoms with Gasteiger partial charge in [0.1, 0.15) is 16.2 Å². The Kier molecular flexibility index (Phi) is 5.00. The fourth-order valence-corrected chi connectivity index (χ4v) is 6.34. The van der Waals surface area contributed by atoms with Gasteiger partial charge in [-0.2, -0.15) is 0 Å². The minimum absolute atomic E-state index is 0.251. The van der Waals surface area contributed by atoms with Gasteiger partial charge in [-0.15, -0.1) is 11.3 Å². The highest BCUT2D eigenvalue weighted by molar-refractivity contribution is 8.00. The van der Waals surface area contributed by atoms with Gasteiger partial charge in [-0.05, 0) is 49.5 Å². The minimum atomic E-state index is 0.251. The third kappa shape index (κ3) is 3.56. The highest BCUT2D eigenvalue weighted by Gasteiger charge is 2.25. The van der Waals surface area contributed by atoms with Crippen molar-refractivity contribution in [1.82, 2.24) is 14.9 Å². The zero-order chi connectivity index (χ0) is 17.4. The number of nitrogens with zero attached hydrogens (tertiary/aromatic N) is 3. The Balaban J connectivity index is 1.53. The second-order valence-electron chi connectivity index (χ2n) is 7.59. The molecular weight excluding hydrogens is 350 g/mol. The van der Waals surface area contributed by atoms with Crippen LogP contribution in [0, 0.1) is 11.8 Å². The molecule has 2 atom stereocenters. The molecule has 2 aromatic heterocycles. The van der Waals surface area contributed by atoms with Crippen molar-refractivity contribution in [3.05, 3.63) is 16.8 Å². The molecule has 2 aromatic rings. The topological polar surface area (TPSA) is 46.1 Å². The van der Waals surface area contributed by atoms with Gasteiger partial charge in [0.2, 0.25) is 5.91 Å². The van der Waals surface area contributed by atoms with Crippen molar-refractivity contribution in [3.8, 4) is 0 Å². The molecule has 6 heteroatoms. The summed E-state index contributed by atoms with van der Waals surface area (Å²) in [6.45, 7) is 6.38. The Morgan fingerprint density at radius 3 is 3.04 bits per heavy atom. The quantitative estimate of drug-likeness (QED) is 0.597. The largest absolute Gasteiger partial charge is 0.342 e. The van der Waals surface area contributed by atoms with Crippen LogP contribution >= 0.6 is 23.1 Å². The highest BCUT2D eigenvalue weighted by atomic mass is 32.2. The fraction of sp³-hybridized carbons (Fsp3) is 0.632. The number of hydrogen-bond donors (Lipinski definition) is 0. The lowest BCUT2D eigenvalue weighted by molar-refractivity contribution is -0.130. The van der Waals surface area contributed by atoms with Crippen LogP contribution in [0.1, 0.15) is 43.6 Å². The number of thiophene rings is 1. The van der Waals surface area contributed by atoms with Gasteiger partial charge in [0.15, 0.2) is 0 Å². The van der Waals surface area contributed by atoms with Crippen molar-refractivity contribution >= 4 is 39.2 Å². The van der Waals surface area contributed by atoms with E-state index in [1.54, 1.807) is 18.1 Å². The van der Waals surface area contributed by atoms with Crippen LogP contribution in [0.2, 0.25) is 0 Å². The number of piperidine rings is 1. The molecule has 1 saturated heterocycles. The average molecular weight is 376 g/mol. The molecule has 0 saturated carbocycles. The summed E-state index contributed by atoms with van der Waals surface area (Å²) in [5.74, 6) is 2.12. The van der Waals surface area contributed by atoms with Gasteiger partial charge < -0.3 is 4.90 Å². The molecule has 1 aliphatic heterocycles. The molecule has 0 radical (unpaired) electrons. The highest BCUT2D eigenvalue weighted by Crippen LogP contribution is 2.40. The normalized spacial score (nSPS) is 23.7. The van der Waals surface area contributed by atoms with Crippen LogP contribution in [-0.4, -0.2) is 39.6 Å². The zero-order valence-corrected chi connectivity index (χ0v) is 16.6. The average Bonchev–Trinajstić information content (AvgIpc) is 2.97. The lowest BCUT2D eigenvalue weighted by Gasteiger charge is -2.30. The molecule has 1 fully saturated rings. The number of carbonyl (C=O) groups is 1. The minimum Gasteiger partial charge on any atom is -0.342 e. The maximum Gasteiger partial charge on any atom is 0.232 e. The number of carbonyl (C=O) groups excluding carboxylic acids is 1. The molecule has 1 aliphatic carbocycles. The summed E-state index contributed by atoms with van der Waals surface area (Å²) in [5, 5.41) is 2.22. The number of aromatic nitrogens is 2. The van der Waals surface area contributed by atoms with Gasteiger partial charge in [0.05, 0.1) is 5.75 Å². The summed E-state index contributed by atoms with van der Waals surface area (Å²) in [5.41, 5.74) is 1.44. The maximum absolute atomic E-state index is 12.6. The summed E-state index contributed by atoms with van der Waals surface area (Å²) >= 11 is 3.42. The van der Waals surface area contributed by atoms with E-state index in [1.165, 1.54) is 28.7 Å². The molecule has 0 bridgehead atoms. The number of fused-ring (bicyclic) bond motifs is 3. The van der Waals surface area contributed by atoms with Crippen molar-refractivity contribution < 1.29 is 4.79 Å². The molecule has 134 valence electrons. The zero-order valence-electron chi connectivity index (χ0n) is 15.0. The number of hydrogen-bond acceptors (Lipinski definition) is 5. The van der Waals surface area contributed by atoms with Gasteiger partial charge in [0, 0.05) is 23.4 Å². The van der Waals surface area contributed by atoms with Crippen LogP contribution in [0.3, 0.4) is 0 Å². The van der Waals surface area contributed by atoms with Crippen molar-refractivity contribution in [2.75, 3.05) is 18.8 Å². The monoisotopic (exact) mass is 375 g/mol. The van der Waals surface area contributed by atoms with E-state index >= 15 is 0 Å². The standard InChI is InChI=1S/C19H25N3OS2/c1-12-5-6-14-15(8-12)25-19-17(14)18(20-11-21-19)24-10-16(23)22-7-3-4-13(2)9-22/h11-13H,3-10H2,1-2H3/t12-,13+/m0/s1. The summed E-state index contributed by atoms with van der Waals surface area (Å²) in [4.78, 5) is 26.2. The molecule has 2 aliphatic rings. The van der Waals surface area contributed by atoms with E-state index in [0.717, 1.165) is 48.1 Å². The van der Waals surface area contributed by atoms with E-state index < -0.39 is 0 Å². The van der Waals surface area contributed by atoms with Crippen LogP contribution in [-0.2, 0) is 17.6 Å². The second-order valence-corrected chi connectivity index (χ2v) is 9.63. The molecule has 0 aromatic carbocycles. The summed E-state index contributed by atoms with van der Waals surface area (Å²) in [6.07, 6.45) is 7.54. The first kappa shape index (κ1) is 17.3. The molecule has 0 spiro atoms. The summed E-state index contributed by atoms with van der Waals surface area (Å²) < 4.78 is 0. The summed E-state index contributed by atoms with van der Waals surface area (Å²) in [7, 11) is 0. The molecule has 3 heterocycles. The van der Waals surface area contributed by atoms with Crippen LogP contribution in [0.25, 0.3) is 10.2 Å². The Morgan fingerprint density at radius 1 is 1.32 bits per heavy atom. The maximum atomic E-state index is 12.6. The molecule has 0 N–H and O–H groups in total. The number of amides is 1.